The fourth-order valence-corrected chi connectivity index (χ4v) is 3.97. The van der Waals surface area contributed by atoms with E-state index < -0.39 is 77.4 Å². The SMILES string of the molecule is O=C(C=C(C(F)(F)F)C(F)(F)F)NC(Cc1ccccc1)(c1ccc(F)cc1)c1cc(F)cc(OC(F)(F)C(F)F)c1. The summed E-state index contributed by atoms with van der Waals surface area (Å²) in [6, 6.07) is 12.0. The second kappa shape index (κ2) is 12.0. The summed E-state index contributed by atoms with van der Waals surface area (Å²) >= 11 is 0. The van der Waals surface area contributed by atoms with Crippen LogP contribution in [0.1, 0.15) is 16.7 Å². The first-order valence-electron chi connectivity index (χ1n) is 11.5. The van der Waals surface area contributed by atoms with E-state index in [0.29, 0.717) is 12.1 Å². The van der Waals surface area contributed by atoms with Gasteiger partial charge >= 0.3 is 24.9 Å². The fraction of sp³-hybridized carbons (Fsp3) is 0.222. The molecule has 3 nitrogen and oxygen atoms in total. The van der Waals surface area contributed by atoms with Crippen molar-refractivity contribution in [1.29, 1.82) is 0 Å². The van der Waals surface area contributed by atoms with Crippen LogP contribution in [0.25, 0.3) is 0 Å². The van der Waals surface area contributed by atoms with Gasteiger partial charge in [0, 0.05) is 18.6 Å². The average molecular weight is 615 g/mol. The maximum atomic E-state index is 14.7. The molecule has 3 aromatic rings. The lowest BCUT2D eigenvalue weighted by Crippen LogP contribution is -2.48. The summed E-state index contributed by atoms with van der Waals surface area (Å²) in [5.74, 6) is -5.56. The zero-order valence-corrected chi connectivity index (χ0v) is 20.6. The van der Waals surface area contributed by atoms with E-state index in [0.717, 1.165) is 24.3 Å². The molecule has 226 valence electrons. The highest BCUT2D eigenvalue weighted by Gasteiger charge is 2.52. The number of alkyl halides is 10. The molecule has 1 unspecified atom stereocenters. The third kappa shape index (κ3) is 7.76. The van der Waals surface area contributed by atoms with Crippen molar-refractivity contribution in [3.05, 3.63) is 113 Å². The highest BCUT2D eigenvalue weighted by Crippen LogP contribution is 2.40. The van der Waals surface area contributed by atoms with Gasteiger partial charge in [-0.25, -0.2) is 8.78 Å². The summed E-state index contributed by atoms with van der Waals surface area (Å²) in [5, 5.41) is 1.95. The van der Waals surface area contributed by atoms with Crippen LogP contribution in [0.4, 0.5) is 52.7 Å². The minimum Gasteiger partial charge on any atom is -0.428 e. The van der Waals surface area contributed by atoms with Gasteiger partial charge in [-0.1, -0.05) is 42.5 Å². The maximum absolute atomic E-state index is 14.7. The van der Waals surface area contributed by atoms with Crippen molar-refractivity contribution in [3.8, 4) is 5.75 Å². The molecule has 0 radical (unpaired) electrons. The molecule has 1 amide bonds. The minimum atomic E-state index is -6.05. The molecule has 0 saturated heterocycles. The van der Waals surface area contributed by atoms with Crippen molar-refractivity contribution in [2.75, 3.05) is 0 Å². The number of carbonyl (C=O) groups excluding carboxylic acids is 1. The molecule has 3 rings (SSSR count). The molecule has 1 atom stereocenters. The van der Waals surface area contributed by atoms with Crippen molar-refractivity contribution in [3.63, 3.8) is 0 Å². The summed E-state index contributed by atoms with van der Waals surface area (Å²) < 4.78 is 164. The molecule has 0 spiro atoms. The molecule has 0 heterocycles. The van der Waals surface area contributed by atoms with Crippen LogP contribution in [0.3, 0.4) is 0 Å². The first kappa shape index (κ1) is 32.3. The van der Waals surface area contributed by atoms with Gasteiger partial charge in [-0.15, -0.1) is 0 Å². The number of hydrogen-bond donors (Lipinski definition) is 1. The number of rotatable bonds is 9. The Morgan fingerprint density at radius 2 is 1.33 bits per heavy atom. The fourth-order valence-electron chi connectivity index (χ4n) is 3.97. The van der Waals surface area contributed by atoms with Gasteiger partial charge < -0.3 is 10.1 Å². The predicted octanol–water partition coefficient (Wildman–Crippen LogP) is 7.86. The molecule has 0 saturated carbocycles. The zero-order valence-electron chi connectivity index (χ0n) is 20.6. The van der Waals surface area contributed by atoms with Crippen LogP contribution in [-0.4, -0.2) is 30.8 Å². The van der Waals surface area contributed by atoms with E-state index in [1.807, 2.05) is 5.32 Å². The lowest BCUT2D eigenvalue weighted by molar-refractivity contribution is -0.253. The zero-order chi connectivity index (χ0) is 31.5. The summed E-state index contributed by atoms with van der Waals surface area (Å²) in [5.41, 5.74) is -6.32. The van der Waals surface area contributed by atoms with E-state index in [-0.39, 0.29) is 17.2 Å². The summed E-state index contributed by atoms with van der Waals surface area (Å²) in [6.45, 7) is 0. The van der Waals surface area contributed by atoms with Crippen LogP contribution in [-0.2, 0) is 16.8 Å². The van der Waals surface area contributed by atoms with Crippen LogP contribution in [0.5, 0.6) is 5.75 Å². The normalized spacial score (nSPS) is 13.8. The lowest BCUT2D eigenvalue weighted by atomic mass is 9.77. The Morgan fingerprint density at radius 3 is 1.86 bits per heavy atom. The highest BCUT2D eigenvalue weighted by molar-refractivity contribution is 5.90. The number of nitrogens with one attached hydrogen (secondary N) is 1. The van der Waals surface area contributed by atoms with E-state index in [9.17, 15) is 57.5 Å². The van der Waals surface area contributed by atoms with Crippen molar-refractivity contribution >= 4 is 5.91 Å². The molecule has 1 N–H and O–H groups in total. The van der Waals surface area contributed by atoms with Gasteiger partial charge in [0.05, 0.1) is 5.54 Å². The van der Waals surface area contributed by atoms with Crippen LogP contribution < -0.4 is 10.1 Å². The molecule has 42 heavy (non-hydrogen) atoms. The summed E-state index contributed by atoms with van der Waals surface area (Å²) in [6.07, 6.45) is -23.0. The van der Waals surface area contributed by atoms with E-state index in [2.05, 4.69) is 4.74 Å². The molecular formula is C27H17F12NO2. The molecule has 0 bridgehead atoms. The predicted molar refractivity (Wildman–Crippen MR) is 124 cm³/mol. The summed E-state index contributed by atoms with van der Waals surface area (Å²) in [4.78, 5) is 12.8. The van der Waals surface area contributed by atoms with Crippen molar-refractivity contribution < 1.29 is 62.2 Å². The highest BCUT2D eigenvalue weighted by atomic mass is 19.4. The van der Waals surface area contributed by atoms with Gasteiger partial charge in [0.25, 0.3) is 0 Å². The number of halogens is 12. The Morgan fingerprint density at radius 1 is 0.762 bits per heavy atom. The molecule has 0 fully saturated rings. The van der Waals surface area contributed by atoms with Gasteiger partial charge in [-0.05, 0) is 41.0 Å². The summed E-state index contributed by atoms with van der Waals surface area (Å²) in [7, 11) is 0. The van der Waals surface area contributed by atoms with E-state index in [1.54, 1.807) is 0 Å². The first-order chi connectivity index (χ1) is 19.3. The van der Waals surface area contributed by atoms with Gasteiger partial charge in [0.2, 0.25) is 5.91 Å². The van der Waals surface area contributed by atoms with Gasteiger partial charge in [-0.2, -0.15) is 43.9 Å². The second-order valence-corrected chi connectivity index (χ2v) is 8.76. The van der Waals surface area contributed by atoms with Gasteiger partial charge in [-0.3, -0.25) is 4.79 Å². The third-order valence-electron chi connectivity index (χ3n) is 5.74. The van der Waals surface area contributed by atoms with Crippen LogP contribution in [0.2, 0.25) is 0 Å². The van der Waals surface area contributed by atoms with E-state index >= 15 is 0 Å². The first-order valence-corrected chi connectivity index (χ1v) is 11.5. The third-order valence-corrected chi connectivity index (χ3v) is 5.74. The van der Waals surface area contributed by atoms with Crippen molar-refractivity contribution in [2.45, 2.75) is 36.8 Å². The van der Waals surface area contributed by atoms with E-state index in [4.69, 9.17) is 0 Å². The van der Waals surface area contributed by atoms with Gasteiger partial charge in [0.15, 0.2) is 0 Å². The molecule has 3 aromatic carbocycles. The number of carbonyl (C=O) groups is 1. The number of benzene rings is 3. The average Bonchev–Trinajstić information content (AvgIpc) is 2.86. The van der Waals surface area contributed by atoms with Crippen molar-refractivity contribution in [2.24, 2.45) is 0 Å². The topological polar surface area (TPSA) is 38.3 Å². The van der Waals surface area contributed by atoms with E-state index in [1.165, 1.54) is 30.3 Å². The molecular weight excluding hydrogens is 598 g/mol. The number of allylic oxidation sites excluding steroid dienone is 1. The smallest absolute Gasteiger partial charge is 0.428 e. The number of hydrogen-bond acceptors (Lipinski definition) is 2. The number of amides is 1. The Bertz CT molecular complexity index is 1400. The minimum absolute atomic E-state index is 0.211. The Balaban J connectivity index is 2.32. The Kier molecular flexibility index (Phi) is 9.22. The monoisotopic (exact) mass is 615 g/mol. The molecule has 0 aromatic heterocycles. The van der Waals surface area contributed by atoms with Crippen LogP contribution in [0.15, 0.2) is 84.4 Å². The standard InChI is InChI=1S/C27H17F12NO2/c28-18-8-6-16(7-9-18)24(14-15-4-2-1-3-5-15,40-22(41)13-21(25(32,33)34)26(35,36)37)17-10-19(29)12-20(11-17)42-27(38,39)23(30)31/h1-13,23H,14H2,(H,40,41). The molecule has 15 heteroatoms. The van der Waals surface area contributed by atoms with Crippen LogP contribution in [0, 0.1) is 11.6 Å². The molecule has 0 aliphatic carbocycles. The molecule has 0 aliphatic rings. The Labute approximate surface area is 229 Å². The van der Waals surface area contributed by atoms with Gasteiger partial charge in [0.1, 0.15) is 23.0 Å². The quantitative estimate of drug-likeness (QED) is 0.197. The maximum Gasteiger partial charge on any atom is 0.461 e. The van der Waals surface area contributed by atoms with Crippen molar-refractivity contribution in [1.82, 2.24) is 5.32 Å². The molecule has 0 aliphatic heterocycles. The second-order valence-electron chi connectivity index (χ2n) is 8.76. The number of ether oxygens (including phenoxy) is 1. The lowest BCUT2D eigenvalue weighted by Gasteiger charge is -2.37. The largest absolute Gasteiger partial charge is 0.461 e. The Hall–Kier alpha value is -4.17. The van der Waals surface area contributed by atoms with Crippen LogP contribution >= 0.6 is 0 Å².